The van der Waals surface area contributed by atoms with Crippen molar-refractivity contribution in [2.45, 2.75) is 51.2 Å². The van der Waals surface area contributed by atoms with Gasteiger partial charge in [-0.3, -0.25) is 14.4 Å². The summed E-state index contributed by atoms with van der Waals surface area (Å²) >= 11 is 12.3. The topological polar surface area (TPSA) is 102 Å². The Morgan fingerprint density at radius 3 is 2.32 bits per heavy atom. The van der Waals surface area contributed by atoms with E-state index in [0.717, 1.165) is 29.7 Å². The molecule has 2 atom stereocenters. The SMILES string of the molecule is CCC1CCC(C(=O)NCc2cccc(Cl)c2Cl)N1C(=O)Cc1ccc(Oc2ccccc2)cc1.NC=O. The van der Waals surface area contributed by atoms with Crippen molar-refractivity contribution < 1.29 is 19.1 Å². The first-order valence-corrected chi connectivity index (χ1v) is 13.1. The van der Waals surface area contributed by atoms with Crippen LogP contribution in [0, 0.1) is 0 Å². The molecule has 0 bridgehead atoms. The lowest BCUT2D eigenvalue weighted by molar-refractivity contribution is -0.140. The number of rotatable bonds is 8. The Kier molecular flexibility index (Phi) is 11.0. The zero-order chi connectivity index (χ0) is 27.5. The third-order valence-electron chi connectivity index (χ3n) is 6.31. The normalized spacial score (nSPS) is 16.2. The van der Waals surface area contributed by atoms with Crippen molar-refractivity contribution in [3.63, 3.8) is 0 Å². The summed E-state index contributed by atoms with van der Waals surface area (Å²) in [5.74, 6) is 1.24. The summed E-state index contributed by atoms with van der Waals surface area (Å²) in [6, 6.07) is 21.9. The fourth-order valence-corrected chi connectivity index (χ4v) is 4.86. The largest absolute Gasteiger partial charge is 0.457 e. The molecule has 3 N–H and O–H groups in total. The lowest BCUT2D eigenvalue weighted by Crippen LogP contribution is -2.49. The van der Waals surface area contributed by atoms with Gasteiger partial charge in [0, 0.05) is 12.6 Å². The summed E-state index contributed by atoms with van der Waals surface area (Å²) < 4.78 is 5.83. The molecule has 0 aromatic heterocycles. The van der Waals surface area contributed by atoms with Crippen molar-refractivity contribution in [1.82, 2.24) is 10.2 Å². The van der Waals surface area contributed by atoms with E-state index in [4.69, 9.17) is 32.7 Å². The van der Waals surface area contributed by atoms with Crippen molar-refractivity contribution in [3.8, 4) is 11.5 Å². The lowest BCUT2D eigenvalue weighted by Gasteiger charge is -2.29. The number of nitrogens with zero attached hydrogens (tertiary/aromatic N) is 1. The smallest absolute Gasteiger partial charge is 0.243 e. The standard InChI is InChI=1S/C28H28Cl2N2O3.CH3NO/c1-2-21-13-16-25(28(34)31-18-20-7-6-10-24(29)27(20)30)32(21)26(33)17-19-11-14-23(15-12-19)35-22-8-4-3-5-9-22;2-1-3/h3-12,14-15,21,25H,2,13,16-18H2,1H3,(H,31,34);1H,(H2,2,3). The first-order valence-electron chi connectivity index (χ1n) is 12.4. The van der Waals surface area contributed by atoms with Gasteiger partial charge in [-0.2, -0.15) is 0 Å². The third kappa shape index (κ3) is 7.73. The highest BCUT2D eigenvalue weighted by atomic mass is 35.5. The van der Waals surface area contributed by atoms with Crippen LogP contribution in [0.15, 0.2) is 72.8 Å². The maximum Gasteiger partial charge on any atom is 0.243 e. The van der Waals surface area contributed by atoms with Gasteiger partial charge in [-0.25, -0.2) is 0 Å². The van der Waals surface area contributed by atoms with Gasteiger partial charge in [0.1, 0.15) is 17.5 Å². The molecular weight excluding hydrogens is 525 g/mol. The van der Waals surface area contributed by atoms with E-state index >= 15 is 0 Å². The highest BCUT2D eigenvalue weighted by Gasteiger charge is 2.39. The number of primary amides is 1. The van der Waals surface area contributed by atoms with E-state index in [9.17, 15) is 9.59 Å². The third-order valence-corrected chi connectivity index (χ3v) is 7.16. The summed E-state index contributed by atoms with van der Waals surface area (Å²) in [5, 5.41) is 3.82. The van der Waals surface area contributed by atoms with Gasteiger partial charge >= 0.3 is 0 Å². The molecule has 38 heavy (non-hydrogen) atoms. The van der Waals surface area contributed by atoms with Crippen LogP contribution in [0.1, 0.15) is 37.3 Å². The van der Waals surface area contributed by atoms with Crippen LogP contribution in [-0.4, -0.2) is 35.2 Å². The minimum absolute atomic E-state index is 0.0491. The predicted octanol–water partition coefficient (Wildman–Crippen LogP) is 5.52. The predicted molar refractivity (Wildman–Crippen MR) is 149 cm³/mol. The Hall–Kier alpha value is -3.55. The quantitative estimate of drug-likeness (QED) is 0.357. The average molecular weight is 556 g/mol. The van der Waals surface area contributed by atoms with Crippen molar-refractivity contribution >= 4 is 41.4 Å². The Morgan fingerprint density at radius 2 is 1.66 bits per heavy atom. The van der Waals surface area contributed by atoms with Gasteiger partial charge in [-0.15, -0.1) is 0 Å². The molecule has 1 heterocycles. The number of benzene rings is 3. The van der Waals surface area contributed by atoms with Gasteiger partial charge in [-0.1, -0.05) is 72.6 Å². The summed E-state index contributed by atoms with van der Waals surface area (Å²) in [5.41, 5.74) is 5.79. The summed E-state index contributed by atoms with van der Waals surface area (Å²) in [4.78, 5) is 36.7. The first kappa shape index (κ1) is 29.0. The number of halogens is 2. The number of likely N-dealkylation sites (tertiary alicyclic amines) is 1. The fourth-order valence-electron chi connectivity index (χ4n) is 4.47. The molecule has 0 spiro atoms. The maximum atomic E-state index is 13.3. The second-order valence-corrected chi connectivity index (χ2v) is 9.54. The second-order valence-electron chi connectivity index (χ2n) is 8.76. The molecule has 200 valence electrons. The Labute approximate surface area is 232 Å². The zero-order valence-corrected chi connectivity index (χ0v) is 22.6. The number of carbonyl (C=O) groups is 3. The molecule has 9 heteroatoms. The minimum atomic E-state index is -0.494. The van der Waals surface area contributed by atoms with Crippen LogP contribution in [0.3, 0.4) is 0 Å². The molecule has 3 aromatic rings. The highest BCUT2D eigenvalue weighted by Crippen LogP contribution is 2.29. The van der Waals surface area contributed by atoms with E-state index in [0.29, 0.717) is 22.2 Å². The van der Waals surface area contributed by atoms with Gasteiger partial charge in [0.15, 0.2) is 0 Å². The van der Waals surface area contributed by atoms with E-state index in [1.165, 1.54) is 0 Å². The molecule has 3 amide bonds. The van der Waals surface area contributed by atoms with Crippen LogP contribution in [0.4, 0.5) is 0 Å². The Morgan fingerprint density at radius 1 is 1.00 bits per heavy atom. The van der Waals surface area contributed by atoms with E-state index < -0.39 is 6.04 Å². The molecule has 0 aliphatic carbocycles. The number of para-hydroxylation sites is 1. The van der Waals surface area contributed by atoms with Crippen LogP contribution in [-0.2, 0) is 27.3 Å². The number of ether oxygens (including phenoxy) is 1. The van der Waals surface area contributed by atoms with E-state index in [-0.39, 0.29) is 37.2 Å². The number of hydrogen-bond donors (Lipinski definition) is 2. The second kappa shape index (κ2) is 14.4. The van der Waals surface area contributed by atoms with Gasteiger partial charge < -0.3 is 20.7 Å². The summed E-state index contributed by atoms with van der Waals surface area (Å²) in [6.45, 7) is 2.31. The molecule has 2 unspecified atom stereocenters. The van der Waals surface area contributed by atoms with Crippen molar-refractivity contribution in [3.05, 3.63) is 94.0 Å². The van der Waals surface area contributed by atoms with Crippen molar-refractivity contribution in [1.29, 1.82) is 0 Å². The molecule has 0 radical (unpaired) electrons. The zero-order valence-electron chi connectivity index (χ0n) is 21.1. The number of hydrogen-bond acceptors (Lipinski definition) is 4. The van der Waals surface area contributed by atoms with Crippen LogP contribution >= 0.6 is 23.2 Å². The molecule has 3 aromatic carbocycles. The molecule has 1 fully saturated rings. The number of carbonyl (C=O) groups excluding carboxylic acids is 3. The van der Waals surface area contributed by atoms with Crippen molar-refractivity contribution in [2.75, 3.05) is 0 Å². The Balaban J connectivity index is 0.00000127. The van der Waals surface area contributed by atoms with Gasteiger partial charge in [0.05, 0.1) is 16.5 Å². The molecule has 4 rings (SSSR count). The van der Waals surface area contributed by atoms with E-state index in [2.05, 4.69) is 11.1 Å². The molecule has 0 saturated carbocycles. The maximum absolute atomic E-state index is 13.3. The fraction of sp³-hybridized carbons (Fsp3) is 0.276. The molecule has 1 saturated heterocycles. The Bertz CT molecular complexity index is 1220. The van der Waals surface area contributed by atoms with Gasteiger partial charge in [0.25, 0.3) is 0 Å². The highest BCUT2D eigenvalue weighted by molar-refractivity contribution is 6.42. The summed E-state index contributed by atoms with van der Waals surface area (Å²) in [6.07, 6.45) is 2.73. The van der Waals surface area contributed by atoms with E-state index in [1.807, 2.05) is 67.6 Å². The molecule has 1 aliphatic heterocycles. The molecule has 1 aliphatic rings. The average Bonchev–Trinajstić information content (AvgIpc) is 3.36. The number of nitrogens with two attached hydrogens (primary N) is 1. The van der Waals surface area contributed by atoms with Crippen molar-refractivity contribution in [2.24, 2.45) is 5.73 Å². The lowest BCUT2D eigenvalue weighted by atomic mass is 10.1. The first-order chi connectivity index (χ1) is 18.4. The van der Waals surface area contributed by atoms with Crippen LogP contribution < -0.4 is 15.8 Å². The number of nitrogens with one attached hydrogen (secondary N) is 1. The van der Waals surface area contributed by atoms with Crippen LogP contribution in [0.25, 0.3) is 0 Å². The monoisotopic (exact) mass is 555 g/mol. The van der Waals surface area contributed by atoms with E-state index in [1.54, 1.807) is 17.0 Å². The van der Waals surface area contributed by atoms with Gasteiger partial charge in [0.2, 0.25) is 18.2 Å². The van der Waals surface area contributed by atoms with Crippen LogP contribution in [0.5, 0.6) is 11.5 Å². The molecular formula is C29H31Cl2N3O4. The molecule has 7 nitrogen and oxygen atoms in total. The van der Waals surface area contributed by atoms with Gasteiger partial charge in [-0.05, 0) is 60.7 Å². The van der Waals surface area contributed by atoms with Crippen LogP contribution in [0.2, 0.25) is 10.0 Å². The number of amides is 3. The summed E-state index contributed by atoms with van der Waals surface area (Å²) in [7, 11) is 0. The minimum Gasteiger partial charge on any atom is -0.457 e.